The Kier molecular flexibility index (Phi) is 4.96. The van der Waals surface area contributed by atoms with Crippen LogP contribution in [0.15, 0.2) is 23.8 Å². The van der Waals surface area contributed by atoms with E-state index in [1.807, 2.05) is 0 Å². The van der Waals surface area contributed by atoms with Gasteiger partial charge in [-0.1, -0.05) is 44.6 Å². The summed E-state index contributed by atoms with van der Waals surface area (Å²) in [4.78, 5) is 0. The lowest BCUT2D eigenvalue weighted by atomic mass is 9.90. The molecule has 0 saturated carbocycles. The molecule has 0 rings (SSSR count). The summed E-state index contributed by atoms with van der Waals surface area (Å²) in [5.74, 6) is 0. The number of hydrogen-bond donors (Lipinski definition) is 0. The molecule has 0 aliphatic heterocycles. The Bertz CT molecular complexity index is 165. The van der Waals surface area contributed by atoms with Gasteiger partial charge in [0.15, 0.2) is 0 Å². The van der Waals surface area contributed by atoms with Crippen LogP contribution in [0.25, 0.3) is 0 Å². The lowest BCUT2D eigenvalue weighted by Gasteiger charge is -2.15. The number of allylic oxidation sites excluding steroid dienone is 4. The Morgan fingerprint density at radius 2 is 1.83 bits per heavy atom. The molecule has 0 heterocycles. The first-order valence-electron chi connectivity index (χ1n) is 4.75. The third kappa shape index (κ3) is 7.59. The van der Waals surface area contributed by atoms with Gasteiger partial charge in [-0.2, -0.15) is 0 Å². The highest BCUT2D eigenvalue weighted by Crippen LogP contribution is 2.20. The predicted octanol–water partition coefficient (Wildman–Crippen LogP) is 4.34. The Morgan fingerprint density at radius 1 is 1.25 bits per heavy atom. The molecule has 12 heavy (non-hydrogen) atoms. The van der Waals surface area contributed by atoms with E-state index >= 15 is 0 Å². The molecule has 0 aromatic heterocycles. The molecule has 0 fully saturated rings. The average molecular weight is 166 g/mol. The fraction of sp³-hybridized carbons (Fsp3) is 0.667. The zero-order valence-corrected chi connectivity index (χ0v) is 9.15. The van der Waals surface area contributed by atoms with Crippen LogP contribution in [0.2, 0.25) is 0 Å². The molecule has 0 aromatic rings. The summed E-state index contributed by atoms with van der Waals surface area (Å²) in [6, 6.07) is 0. The fourth-order valence-corrected chi connectivity index (χ4v) is 0.882. The molecule has 0 aliphatic rings. The highest BCUT2D eigenvalue weighted by Gasteiger charge is 2.07. The quantitative estimate of drug-likeness (QED) is 0.547. The SMILES string of the molecule is CC=C(C)C=CCCC(C)(C)C. The minimum absolute atomic E-state index is 0.466. The standard InChI is InChI=1S/C12H22/c1-6-11(2)9-7-8-10-12(3,4)5/h6-7,9H,8,10H2,1-5H3. The summed E-state index contributed by atoms with van der Waals surface area (Å²) in [6.07, 6.45) is 9.05. The van der Waals surface area contributed by atoms with Gasteiger partial charge in [-0.25, -0.2) is 0 Å². The predicted molar refractivity (Wildman–Crippen MR) is 57.3 cm³/mol. The van der Waals surface area contributed by atoms with E-state index in [-0.39, 0.29) is 0 Å². The smallest absolute Gasteiger partial charge is 0.0343 e. The van der Waals surface area contributed by atoms with E-state index in [0.29, 0.717) is 5.41 Å². The van der Waals surface area contributed by atoms with Crippen molar-refractivity contribution in [3.63, 3.8) is 0 Å². The Balaban J connectivity index is 3.64. The van der Waals surface area contributed by atoms with E-state index in [1.54, 1.807) is 0 Å². The van der Waals surface area contributed by atoms with Crippen LogP contribution in [0.3, 0.4) is 0 Å². The van der Waals surface area contributed by atoms with Gasteiger partial charge in [-0.15, -0.1) is 0 Å². The second-order valence-corrected chi connectivity index (χ2v) is 4.53. The summed E-state index contributed by atoms with van der Waals surface area (Å²) >= 11 is 0. The molecule has 0 saturated heterocycles. The van der Waals surface area contributed by atoms with Gasteiger partial charge in [0.05, 0.1) is 0 Å². The van der Waals surface area contributed by atoms with Crippen molar-refractivity contribution < 1.29 is 0 Å². The number of rotatable bonds is 3. The van der Waals surface area contributed by atoms with Crippen molar-refractivity contribution in [3.8, 4) is 0 Å². The second kappa shape index (κ2) is 5.18. The summed E-state index contributed by atoms with van der Waals surface area (Å²) < 4.78 is 0. The van der Waals surface area contributed by atoms with Crippen LogP contribution in [0.4, 0.5) is 0 Å². The molecule has 0 aliphatic carbocycles. The summed E-state index contributed by atoms with van der Waals surface area (Å²) in [7, 11) is 0. The maximum atomic E-state index is 2.28. The second-order valence-electron chi connectivity index (χ2n) is 4.53. The zero-order chi connectivity index (χ0) is 9.61. The first-order chi connectivity index (χ1) is 5.45. The minimum Gasteiger partial charge on any atom is -0.0847 e. The van der Waals surface area contributed by atoms with Gasteiger partial charge in [-0.3, -0.25) is 0 Å². The molecule has 0 heteroatoms. The van der Waals surface area contributed by atoms with Crippen molar-refractivity contribution >= 4 is 0 Å². The first kappa shape index (κ1) is 11.5. The topological polar surface area (TPSA) is 0 Å². The van der Waals surface area contributed by atoms with Crippen LogP contribution >= 0.6 is 0 Å². The van der Waals surface area contributed by atoms with Crippen molar-refractivity contribution in [1.29, 1.82) is 0 Å². The normalized spacial score (nSPS) is 14.2. The van der Waals surface area contributed by atoms with Gasteiger partial charge < -0.3 is 0 Å². The minimum atomic E-state index is 0.466. The highest BCUT2D eigenvalue weighted by atomic mass is 14.1. The van der Waals surface area contributed by atoms with Crippen LogP contribution in [-0.2, 0) is 0 Å². The largest absolute Gasteiger partial charge is 0.0847 e. The van der Waals surface area contributed by atoms with E-state index < -0.39 is 0 Å². The molecule has 0 atom stereocenters. The fourth-order valence-electron chi connectivity index (χ4n) is 0.882. The molecule has 70 valence electrons. The van der Waals surface area contributed by atoms with E-state index in [4.69, 9.17) is 0 Å². The third-order valence-corrected chi connectivity index (χ3v) is 1.90. The molecule has 0 radical (unpaired) electrons. The summed E-state index contributed by atoms with van der Waals surface area (Å²) in [5.41, 5.74) is 1.82. The van der Waals surface area contributed by atoms with Crippen molar-refractivity contribution in [2.24, 2.45) is 5.41 Å². The van der Waals surface area contributed by atoms with Crippen molar-refractivity contribution in [3.05, 3.63) is 23.8 Å². The monoisotopic (exact) mass is 166 g/mol. The summed E-state index contributed by atoms with van der Waals surface area (Å²) in [5, 5.41) is 0. The van der Waals surface area contributed by atoms with E-state index in [9.17, 15) is 0 Å². The van der Waals surface area contributed by atoms with Crippen molar-refractivity contribution in [2.45, 2.75) is 47.5 Å². The Morgan fingerprint density at radius 3 is 2.25 bits per heavy atom. The average Bonchev–Trinajstić information content (AvgIpc) is 1.96. The van der Waals surface area contributed by atoms with Gasteiger partial charge in [0.25, 0.3) is 0 Å². The third-order valence-electron chi connectivity index (χ3n) is 1.90. The van der Waals surface area contributed by atoms with Gasteiger partial charge in [0.2, 0.25) is 0 Å². The molecule has 0 N–H and O–H groups in total. The molecule has 0 bridgehead atoms. The van der Waals surface area contributed by atoms with Crippen LogP contribution in [0, 0.1) is 5.41 Å². The number of hydrogen-bond acceptors (Lipinski definition) is 0. The Labute approximate surface area is 77.4 Å². The zero-order valence-electron chi connectivity index (χ0n) is 9.15. The van der Waals surface area contributed by atoms with Gasteiger partial charge >= 0.3 is 0 Å². The van der Waals surface area contributed by atoms with Gasteiger partial charge in [0, 0.05) is 0 Å². The van der Waals surface area contributed by atoms with Crippen LogP contribution < -0.4 is 0 Å². The highest BCUT2D eigenvalue weighted by molar-refractivity contribution is 5.14. The molecule has 0 spiro atoms. The molecular weight excluding hydrogens is 144 g/mol. The first-order valence-corrected chi connectivity index (χ1v) is 4.75. The Hall–Kier alpha value is -0.520. The lowest BCUT2D eigenvalue weighted by Crippen LogP contribution is -2.02. The van der Waals surface area contributed by atoms with E-state index in [0.717, 1.165) is 0 Å². The maximum Gasteiger partial charge on any atom is -0.0343 e. The van der Waals surface area contributed by atoms with E-state index in [1.165, 1.54) is 18.4 Å². The molecule has 0 nitrogen and oxygen atoms in total. The molecular formula is C12H22. The molecule has 0 unspecified atom stereocenters. The van der Waals surface area contributed by atoms with Crippen molar-refractivity contribution in [2.75, 3.05) is 0 Å². The summed E-state index contributed by atoms with van der Waals surface area (Å²) in [6.45, 7) is 11.0. The molecule has 0 amide bonds. The van der Waals surface area contributed by atoms with Crippen LogP contribution in [0.5, 0.6) is 0 Å². The maximum absolute atomic E-state index is 2.28. The molecule has 0 aromatic carbocycles. The lowest BCUT2D eigenvalue weighted by molar-refractivity contribution is 0.381. The van der Waals surface area contributed by atoms with Gasteiger partial charge in [0.1, 0.15) is 0 Å². The van der Waals surface area contributed by atoms with Gasteiger partial charge in [-0.05, 0) is 32.1 Å². The van der Waals surface area contributed by atoms with Crippen molar-refractivity contribution in [1.82, 2.24) is 0 Å². The van der Waals surface area contributed by atoms with Crippen LogP contribution in [0.1, 0.15) is 47.5 Å². The van der Waals surface area contributed by atoms with Crippen LogP contribution in [-0.4, -0.2) is 0 Å². The van der Waals surface area contributed by atoms with E-state index in [2.05, 4.69) is 52.8 Å².